The van der Waals surface area contributed by atoms with Gasteiger partial charge < -0.3 is 29.7 Å². The Bertz CT molecular complexity index is 697. The number of likely N-dealkylation sites (tertiary alicyclic amines) is 1. The number of hydrogen-bond acceptors (Lipinski definition) is 7. The molecule has 0 bridgehead atoms. The van der Waals surface area contributed by atoms with Crippen molar-refractivity contribution in [2.45, 2.75) is 49.5 Å². The van der Waals surface area contributed by atoms with E-state index in [9.17, 15) is 24.9 Å². The number of esters is 1. The van der Waals surface area contributed by atoms with Crippen molar-refractivity contribution in [3.8, 4) is 0 Å². The van der Waals surface area contributed by atoms with Gasteiger partial charge in [0, 0.05) is 25.1 Å². The maximum atomic E-state index is 11.8. The number of ether oxygens (including phenoxy) is 2. The van der Waals surface area contributed by atoms with Crippen molar-refractivity contribution < 1.29 is 38.9 Å². The number of aromatic nitrogens is 1. The van der Waals surface area contributed by atoms with Crippen molar-refractivity contribution in [3.05, 3.63) is 30.1 Å². The molecule has 1 aromatic heterocycles. The van der Waals surface area contributed by atoms with Crippen molar-refractivity contribution in [2.24, 2.45) is 0 Å². The van der Waals surface area contributed by atoms with Crippen LogP contribution in [0.25, 0.3) is 0 Å². The van der Waals surface area contributed by atoms with Gasteiger partial charge in [-0.15, -0.1) is 0 Å². The second kappa shape index (κ2) is 7.28. The molecule has 2 fully saturated rings. The molecule has 2 saturated heterocycles. The Hall–Kier alpha value is -2.07. The van der Waals surface area contributed by atoms with Crippen molar-refractivity contribution in [1.29, 1.82) is 0 Å². The van der Waals surface area contributed by atoms with Crippen LogP contribution in [0, 0.1) is 0 Å². The molecule has 9 nitrogen and oxygen atoms in total. The summed E-state index contributed by atoms with van der Waals surface area (Å²) >= 11 is 0. The first-order valence-electron chi connectivity index (χ1n) is 8.39. The van der Waals surface area contributed by atoms with Crippen LogP contribution in [0.5, 0.6) is 0 Å². The topological polar surface area (TPSA) is 120 Å². The lowest BCUT2D eigenvalue weighted by atomic mass is 9.97. The van der Waals surface area contributed by atoms with E-state index in [2.05, 4.69) is 4.74 Å². The molecule has 2 aliphatic rings. The molecule has 3 N–H and O–H groups in total. The standard InChI is InChI=1S/C17H23N2O7/c1-18-10(5-6-11(18)20)9-4-3-7-19(8-9)16-14(23)12(21)13(22)15(26-16)17(24)25-2/h3-4,7-8,10,12-16,21-23H,5-6H2,1-2H3/q+1. The van der Waals surface area contributed by atoms with Crippen molar-refractivity contribution in [2.75, 3.05) is 14.2 Å². The number of aliphatic hydroxyl groups is 3. The molecule has 3 heterocycles. The van der Waals surface area contributed by atoms with Gasteiger partial charge in [0.25, 0.3) is 6.23 Å². The second-order valence-electron chi connectivity index (χ2n) is 6.59. The average Bonchev–Trinajstić information content (AvgIpc) is 2.98. The Balaban J connectivity index is 1.89. The van der Waals surface area contributed by atoms with Gasteiger partial charge in [-0.3, -0.25) is 4.79 Å². The van der Waals surface area contributed by atoms with Gasteiger partial charge in [0.2, 0.25) is 5.91 Å². The van der Waals surface area contributed by atoms with Gasteiger partial charge in [0.15, 0.2) is 24.6 Å². The highest BCUT2D eigenvalue weighted by Gasteiger charge is 2.51. The van der Waals surface area contributed by atoms with Crippen LogP contribution in [0.15, 0.2) is 24.5 Å². The van der Waals surface area contributed by atoms with Crippen molar-refractivity contribution >= 4 is 11.9 Å². The van der Waals surface area contributed by atoms with Crippen LogP contribution in [0.4, 0.5) is 0 Å². The fraction of sp³-hybridized carbons (Fsp3) is 0.588. The summed E-state index contributed by atoms with van der Waals surface area (Å²) in [6.07, 6.45) is -2.68. The summed E-state index contributed by atoms with van der Waals surface area (Å²) in [6.45, 7) is 0. The van der Waals surface area contributed by atoms with E-state index < -0.39 is 36.6 Å². The lowest BCUT2D eigenvalue weighted by Crippen LogP contribution is -2.63. The maximum absolute atomic E-state index is 11.8. The van der Waals surface area contributed by atoms with Crippen molar-refractivity contribution in [3.63, 3.8) is 0 Å². The first-order valence-corrected chi connectivity index (χ1v) is 8.39. The molecule has 6 unspecified atom stereocenters. The number of amides is 1. The Morgan fingerprint density at radius 1 is 1.31 bits per heavy atom. The Morgan fingerprint density at radius 2 is 2.04 bits per heavy atom. The minimum absolute atomic E-state index is 0.0589. The number of pyridine rings is 1. The molecule has 1 aromatic rings. The zero-order chi connectivity index (χ0) is 19.0. The largest absolute Gasteiger partial charge is 0.467 e. The summed E-state index contributed by atoms with van der Waals surface area (Å²) < 4.78 is 11.6. The van der Waals surface area contributed by atoms with E-state index in [0.29, 0.717) is 12.8 Å². The van der Waals surface area contributed by atoms with Gasteiger partial charge in [-0.25, -0.2) is 4.79 Å². The Kier molecular flexibility index (Phi) is 5.24. The summed E-state index contributed by atoms with van der Waals surface area (Å²) in [5.41, 5.74) is 0.840. The van der Waals surface area contributed by atoms with Gasteiger partial charge in [0.1, 0.15) is 12.2 Å². The van der Waals surface area contributed by atoms with E-state index in [-0.39, 0.29) is 11.9 Å². The molecule has 3 rings (SSSR count). The molecule has 0 spiro atoms. The molecule has 26 heavy (non-hydrogen) atoms. The summed E-state index contributed by atoms with van der Waals surface area (Å²) in [5, 5.41) is 30.4. The highest BCUT2D eigenvalue weighted by atomic mass is 16.6. The first-order chi connectivity index (χ1) is 12.3. The van der Waals surface area contributed by atoms with E-state index in [4.69, 9.17) is 4.74 Å². The zero-order valence-electron chi connectivity index (χ0n) is 14.6. The number of hydrogen-bond donors (Lipinski definition) is 3. The number of rotatable bonds is 3. The molecule has 0 aliphatic carbocycles. The Morgan fingerprint density at radius 3 is 2.65 bits per heavy atom. The minimum atomic E-state index is -1.60. The van der Waals surface area contributed by atoms with Crippen LogP contribution in [-0.4, -0.2) is 70.7 Å². The zero-order valence-corrected chi connectivity index (χ0v) is 14.6. The van der Waals surface area contributed by atoms with Gasteiger partial charge in [-0.05, 0) is 12.5 Å². The molecular formula is C17H23N2O7+. The molecule has 142 valence electrons. The maximum Gasteiger partial charge on any atom is 0.338 e. The summed E-state index contributed by atoms with van der Waals surface area (Å²) in [4.78, 5) is 25.2. The predicted molar refractivity (Wildman–Crippen MR) is 85.3 cm³/mol. The molecular weight excluding hydrogens is 344 g/mol. The number of carbonyl (C=O) groups excluding carboxylic acids is 2. The summed E-state index contributed by atoms with van der Waals surface area (Å²) in [5.74, 6) is -0.782. The number of methoxy groups -OCH3 is 1. The van der Waals surface area contributed by atoms with E-state index in [1.807, 2.05) is 6.07 Å². The van der Waals surface area contributed by atoms with Gasteiger partial charge >= 0.3 is 5.97 Å². The smallest absolute Gasteiger partial charge is 0.338 e. The second-order valence-corrected chi connectivity index (χ2v) is 6.59. The van der Waals surface area contributed by atoms with E-state index in [1.165, 1.54) is 4.57 Å². The predicted octanol–water partition coefficient (Wildman–Crippen LogP) is -1.58. The van der Waals surface area contributed by atoms with Crippen LogP contribution in [0.1, 0.15) is 30.7 Å². The van der Waals surface area contributed by atoms with Crippen molar-refractivity contribution in [1.82, 2.24) is 4.90 Å². The van der Waals surface area contributed by atoms with Crippen LogP contribution in [0.2, 0.25) is 0 Å². The van der Waals surface area contributed by atoms with E-state index in [0.717, 1.165) is 12.7 Å². The SMILES string of the molecule is COC(=O)C1OC([n+]2cccc(C3CCC(=O)N3C)c2)C(O)C(O)C1O. The first kappa shape index (κ1) is 18.7. The molecule has 1 amide bonds. The van der Waals surface area contributed by atoms with Crippen LogP contribution >= 0.6 is 0 Å². The molecule has 6 atom stereocenters. The van der Waals surface area contributed by atoms with E-state index in [1.54, 1.807) is 30.4 Å². The minimum Gasteiger partial charge on any atom is -0.467 e. The lowest BCUT2D eigenvalue weighted by molar-refractivity contribution is -0.777. The van der Waals surface area contributed by atoms with Crippen LogP contribution in [-0.2, 0) is 19.1 Å². The lowest BCUT2D eigenvalue weighted by Gasteiger charge is -2.36. The molecule has 0 radical (unpaired) electrons. The Labute approximate surface area is 150 Å². The summed E-state index contributed by atoms with van der Waals surface area (Å²) in [7, 11) is 2.88. The number of aliphatic hydroxyl groups excluding tert-OH is 3. The summed E-state index contributed by atoms with van der Waals surface area (Å²) in [6, 6.07) is 3.49. The molecule has 2 aliphatic heterocycles. The van der Waals surface area contributed by atoms with Gasteiger partial charge in [-0.2, -0.15) is 4.57 Å². The third-order valence-corrected chi connectivity index (χ3v) is 5.04. The highest BCUT2D eigenvalue weighted by Crippen LogP contribution is 2.31. The highest BCUT2D eigenvalue weighted by molar-refractivity contribution is 5.78. The third kappa shape index (κ3) is 3.18. The molecule has 0 saturated carbocycles. The van der Waals surface area contributed by atoms with E-state index >= 15 is 0 Å². The monoisotopic (exact) mass is 367 g/mol. The quantitative estimate of drug-likeness (QED) is 0.436. The van der Waals surface area contributed by atoms with Crippen LogP contribution < -0.4 is 4.57 Å². The average molecular weight is 367 g/mol. The van der Waals surface area contributed by atoms with Crippen LogP contribution in [0.3, 0.4) is 0 Å². The fourth-order valence-electron chi connectivity index (χ4n) is 3.48. The third-order valence-electron chi connectivity index (χ3n) is 5.04. The number of nitrogens with zero attached hydrogens (tertiary/aromatic N) is 2. The molecule has 0 aromatic carbocycles. The molecule has 9 heteroatoms. The van der Waals surface area contributed by atoms with Gasteiger partial charge in [-0.1, -0.05) is 0 Å². The fourth-order valence-corrected chi connectivity index (χ4v) is 3.48. The number of carbonyl (C=O) groups is 2. The normalized spacial score (nSPS) is 34.8. The van der Waals surface area contributed by atoms with Gasteiger partial charge in [0.05, 0.1) is 13.2 Å².